The van der Waals surface area contributed by atoms with Crippen molar-refractivity contribution < 1.29 is 9.84 Å². The third kappa shape index (κ3) is 2.79. The highest BCUT2D eigenvalue weighted by molar-refractivity contribution is 6.30. The van der Waals surface area contributed by atoms with Crippen molar-refractivity contribution >= 4 is 11.6 Å². The molecule has 2 rings (SSSR count). The van der Waals surface area contributed by atoms with Crippen LogP contribution in [-0.4, -0.2) is 18.3 Å². The van der Waals surface area contributed by atoms with Crippen LogP contribution in [0.5, 0.6) is 5.75 Å². The molecule has 0 bridgehead atoms. The lowest BCUT2D eigenvalue weighted by molar-refractivity contribution is 0.0836. The highest BCUT2D eigenvalue weighted by atomic mass is 35.5. The summed E-state index contributed by atoms with van der Waals surface area (Å²) in [6.07, 6.45) is 3.94. The lowest BCUT2D eigenvalue weighted by Gasteiger charge is -2.26. The maximum atomic E-state index is 10.4. The van der Waals surface area contributed by atoms with Gasteiger partial charge in [-0.25, -0.2) is 0 Å². The maximum Gasteiger partial charge on any atom is 0.123 e. The average molecular weight is 270 g/mol. The lowest BCUT2D eigenvalue weighted by atomic mass is 9.90. The topological polar surface area (TPSA) is 55.5 Å². The Morgan fingerprint density at radius 1 is 1.39 bits per heavy atom. The number of ether oxygens (including phenoxy) is 1. The SMILES string of the molecule is COc1ccc(Cl)cc1[C@@H](N)[C@@H](O)C1CCCC1. The monoisotopic (exact) mass is 269 g/mol. The van der Waals surface area contributed by atoms with Crippen LogP contribution in [-0.2, 0) is 0 Å². The molecule has 0 radical (unpaired) electrons. The van der Waals surface area contributed by atoms with Gasteiger partial charge in [-0.3, -0.25) is 0 Å². The summed E-state index contributed by atoms with van der Waals surface area (Å²) in [7, 11) is 1.60. The average Bonchev–Trinajstić information content (AvgIpc) is 2.90. The number of halogens is 1. The Morgan fingerprint density at radius 2 is 2.06 bits per heavy atom. The van der Waals surface area contributed by atoms with E-state index in [9.17, 15) is 5.11 Å². The van der Waals surface area contributed by atoms with Crippen molar-refractivity contribution in [1.29, 1.82) is 0 Å². The van der Waals surface area contributed by atoms with E-state index < -0.39 is 12.1 Å². The van der Waals surface area contributed by atoms with Crippen molar-refractivity contribution in [3.8, 4) is 5.75 Å². The summed E-state index contributed by atoms with van der Waals surface area (Å²) in [4.78, 5) is 0. The van der Waals surface area contributed by atoms with E-state index >= 15 is 0 Å². The fourth-order valence-electron chi connectivity index (χ4n) is 2.74. The Kier molecular flexibility index (Phi) is 4.49. The summed E-state index contributed by atoms with van der Waals surface area (Å²) < 4.78 is 5.28. The van der Waals surface area contributed by atoms with E-state index in [0.717, 1.165) is 18.4 Å². The van der Waals surface area contributed by atoms with Gasteiger partial charge in [0.1, 0.15) is 5.75 Å². The molecular weight excluding hydrogens is 250 g/mol. The van der Waals surface area contributed by atoms with E-state index in [1.165, 1.54) is 12.8 Å². The molecule has 3 N–H and O–H groups in total. The predicted molar refractivity (Wildman–Crippen MR) is 72.9 cm³/mol. The van der Waals surface area contributed by atoms with Crippen molar-refractivity contribution in [2.24, 2.45) is 11.7 Å². The van der Waals surface area contributed by atoms with Gasteiger partial charge in [-0.05, 0) is 37.0 Å². The van der Waals surface area contributed by atoms with E-state index in [4.69, 9.17) is 22.1 Å². The van der Waals surface area contributed by atoms with E-state index in [1.807, 2.05) is 0 Å². The molecule has 1 saturated carbocycles. The van der Waals surface area contributed by atoms with Crippen LogP contribution in [0, 0.1) is 5.92 Å². The van der Waals surface area contributed by atoms with E-state index in [2.05, 4.69) is 0 Å². The first kappa shape index (κ1) is 13.7. The molecule has 0 aromatic heterocycles. The maximum absolute atomic E-state index is 10.4. The molecular formula is C14H20ClNO2. The molecule has 0 spiro atoms. The zero-order chi connectivity index (χ0) is 13.1. The highest BCUT2D eigenvalue weighted by Gasteiger charge is 2.30. The fourth-order valence-corrected chi connectivity index (χ4v) is 2.92. The zero-order valence-electron chi connectivity index (χ0n) is 10.6. The summed E-state index contributed by atoms with van der Waals surface area (Å²) in [6, 6.07) is 4.89. The fraction of sp³-hybridized carbons (Fsp3) is 0.571. The molecule has 0 amide bonds. The quantitative estimate of drug-likeness (QED) is 0.884. The smallest absolute Gasteiger partial charge is 0.123 e. The Hall–Kier alpha value is -0.770. The van der Waals surface area contributed by atoms with E-state index in [-0.39, 0.29) is 0 Å². The molecule has 4 heteroatoms. The summed E-state index contributed by atoms with van der Waals surface area (Å²) in [5.41, 5.74) is 6.96. The molecule has 0 heterocycles. The number of nitrogens with two attached hydrogens (primary N) is 1. The second kappa shape index (κ2) is 5.91. The zero-order valence-corrected chi connectivity index (χ0v) is 11.4. The Balaban J connectivity index is 2.21. The van der Waals surface area contributed by atoms with Gasteiger partial charge in [0.15, 0.2) is 0 Å². The van der Waals surface area contributed by atoms with Crippen LogP contribution in [0.1, 0.15) is 37.3 Å². The summed E-state index contributed by atoms with van der Waals surface area (Å²) >= 11 is 5.99. The summed E-state index contributed by atoms with van der Waals surface area (Å²) in [5, 5.41) is 11.0. The number of methoxy groups -OCH3 is 1. The minimum absolute atomic E-state index is 0.295. The van der Waals surface area contributed by atoms with Crippen LogP contribution in [0.15, 0.2) is 18.2 Å². The van der Waals surface area contributed by atoms with Crippen molar-refractivity contribution in [1.82, 2.24) is 0 Å². The normalized spacial score (nSPS) is 19.8. The van der Waals surface area contributed by atoms with Gasteiger partial charge in [0, 0.05) is 10.6 Å². The van der Waals surface area contributed by atoms with Crippen molar-refractivity contribution in [2.45, 2.75) is 37.8 Å². The Morgan fingerprint density at radius 3 is 2.67 bits per heavy atom. The predicted octanol–water partition coefficient (Wildman–Crippen LogP) is 2.90. The molecule has 0 aliphatic heterocycles. The van der Waals surface area contributed by atoms with Crippen LogP contribution >= 0.6 is 11.6 Å². The molecule has 1 aliphatic carbocycles. The Bertz CT molecular complexity index is 405. The van der Waals surface area contributed by atoms with Gasteiger partial charge in [-0.15, -0.1) is 0 Å². The van der Waals surface area contributed by atoms with Gasteiger partial charge in [-0.2, -0.15) is 0 Å². The van der Waals surface area contributed by atoms with Gasteiger partial charge < -0.3 is 15.6 Å². The van der Waals surface area contributed by atoms with Crippen LogP contribution in [0.25, 0.3) is 0 Å². The second-order valence-corrected chi connectivity index (χ2v) is 5.38. The van der Waals surface area contributed by atoms with Gasteiger partial charge in [0.2, 0.25) is 0 Å². The van der Waals surface area contributed by atoms with Gasteiger partial charge in [0.05, 0.1) is 19.3 Å². The first-order chi connectivity index (χ1) is 8.63. The molecule has 1 aliphatic rings. The number of rotatable bonds is 4. The molecule has 1 fully saturated rings. The molecule has 2 atom stereocenters. The minimum Gasteiger partial charge on any atom is -0.496 e. The van der Waals surface area contributed by atoms with Gasteiger partial charge in [-0.1, -0.05) is 24.4 Å². The highest BCUT2D eigenvalue weighted by Crippen LogP contribution is 2.36. The van der Waals surface area contributed by atoms with Crippen LogP contribution in [0.4, 0.5) is 0 Å². The first-order valence-corrected chi connectivity index (χ1v) is 6.78. The third-order valence-corrected chi connectivity index (χ3v) is 4.04. The minimum atomic E-state index is -0.528. The summed E-state index contributed by atoms with van der Waals surface area (Å²) in [6.45, 7) is 0. The van der Waals surface area contributed by atoms with Crippen LogP contribution in [0.3, 0.4) is 0 Å². The molecule has 100 valence electrons. The van der Waals surface area contributed by atoms with Gasteiger partial charge in [0.25, 0.3) is 0 Å². The number of hydrogen-bond acceptors (Lipinski definition) is 3. The molecule has 1 aromatic carbocycles. The largest absolute Gasteiger partial charge is 0.496 e. The first-order valence-electron chi connectivity index (χ1n) is 6.40. The van der Waals surface area contributed by atoms with Crippen molar-refractivity contribution in [3.05, 3.63) is 28.8 Å². The molecule has 0 unspecified atom stereocenters. The van der Waals surface area contributed by atoms with E-state index in [1.54, 1.807) is 25.3 Å². The standard InChI is InChI=1S/C14H20ClNO2/c1-18-12-7-6-10(15)8-11(12)13(16)14(17)9-4-2-3-5-9/h6-9,13-14,17H,2-5,16H2,1H3/t13-,14+/m1/s1. The number of benzene rings is 1. The van der Waals surface area contributed by atoms with Crippen LogP contribution < -0.4 is 10.5 Å². The summed E-state index contributed by atoms with van der Waals surface area (Å²) in [5.74, 6) is 0.979. The van der Waals surface area contributed by atoms with Crippen LogP contribution in [0.2, 0.25) is 5.02 Å². The third-order valence-electron chi connectivity index (χ3n) is 3.80. The molecule has 18 heavy (non-hydrogen) atoms. The van der Waals surface area contributed by atoms with Gasteiger partial charge >= 0.3 is 0 Å². The number of hydrogen-bond donors (Lipinski definition) is 2. The number of aliphatic hydroxyl groups is 1. The molecule has 1 aromatic rings. The van der Waals surface area contributed by atoms with Crippen molar-refractivity contribution in [3.63, 3.8) is 0 Å². The molecule has 0 saturated heterocycles. The van der Waals surface area contributed by atoms with E-state index in [0.29, 0.717) is 16.7 Å². The number of aliphatic hydroxyl groups excluding tert-OH is 1. The van der Waals surface area contributed by atoms with Crippen molar-refractivity contribution in [2.75, 3.05) is 7.11 Å². The Labute approximate surface area is 113 Å². The molecule has 3 nitrogen and oxygen atoms in total. The lowest BCUT2D eigenvalue weighted by Crippen LogP contribution is -2.32. The second-order valence-electron chi connectivity index (χ2n) is 4.95.